The number of hydrogen-bond donors (Lipinski definition) is 1. The number of nitrogens with zero attached hydrogens (tertiary/aromatic N) is 1. The third-order valence-electron chi connectivity index (χ3n) is 3.66. The summed E-state index contributed by atoms with van der Waals surface area (Å²) in [7, 11) is 1.58. The number of ether oxygens (including phenoxy) is 2. The molecule has 0 unspecified atom stereocenters. The highest BCUT2D eigenvalue weighted by molar-refractivity contribution is 6.00. The van der Waals surface area contributed by atoms with Crippen molar-refractivity contribution < 1.29 is 19.1 Å². The first-order valence-electron chi connectivity index (χ1n) is 8.05. The van der Waals surface area contributed by atoms with E-state index >= 15 is 0 Å². The fourth-order valence-electron chi connectivity index (χ4n) is 2.54. The van der Waals surface area contributed by atoms with Crippen LogP contribution in [0.25, 0.3) is 6.08 Å². The molecular formula is C18H24N2O4. The highest BCUT2D eigenvalue weighted by atomic mass is 16.5. The Morgan fingerprint density at radius 2 is 2.12 bits per heavy atom. The predicted molar refractivity (Wildman–Crippen MR) is 92.0 cm³/mol. The minimum Gasteiger partial charge on any atom is -0.493 e. The first kappa shape index (κ1) is 17.8. The van der Waals surface area contributed by atoms with Gasteiger partial charge in [0.05, 0.1) is 19.2 Å². The number of likely N-dealkylation sites (N-methyl/N-ethyl adjacent to an activating group) is 1. The van der Waals surface area contributed by atoms with E-state index in [1.807, 2.05) is 39.0 Å². The Labute approximate surface area is 142 Å². The van der Waals surface area contributed by atoms with Crippen molar-refractivity contribution in [3.05, 3.63) is 29.3 Å². The van der Waals surface area contributed by atoms with Crippen molar-refractivity contribution in [2.75, 3.05) is 26.8 Å². The molecule has 1 aromatic rings. The Hall–Kier alpha value is -2.50. The van der Waals surface area contributed by atoms with Gasteiger partial charge in [0.2, 0.25) is 5.91 Å². The van der Waals surface area contributed by atoms with Gasteiger partial charge in [0.1, 0.15) is 6.61 Å². The molecule has 0 saturated heterocycles. The number of para-hydroxylation sites is 1. The maximum atomic E-state index is 12.7. The van der Waals surface area contributed by atoms with E-state index in [-0.39, 0.29) is 31.0 Å². The number of carbonyl (C=O) groups is 2. The number of hydrogen-bond acceptors (Lipinski definition) is 4. The van der Waals surface area contributed by atoms with Crippen LogP contribution in [-0.2, 0) is 9.59 Å². The number of rotatable bonds is 6. The second kappa shape index (κ2) is 7.86. The number of nitrogens with one attached hydrogen (secondary N) is 1. The molecule has 0 spiro atoms. The van der Waals surface area contributed by atoms with E-state index in [2.05, 4.69) is 5.32 Å². The van der Waals surface area contributed by atoms with Crippen molar-refractivity contribution >= 4 is 17.9 Å². The Balaban J connectivity index is 2.16. The fraction of sp³-hybridized carbons (Fsp3) is 0.444. The summed E-state index contributed by atoms with van der Waals surface area (Å²) < 4.78 is 11.0. The molecular weight excluding hydrogens is 308 g/mol. The van der Waals surface area contributed by atoms with Gasteiger partial charge < -0.3 is 19.7 Å². The van der Waals surface area contributed by atoms with E-state index in [4.69, 9.17) is 9.47 Å². The lowest BCUT2D eigenvalue weighted by Gasteiger charge is -2.25. The minimum absolute atomic E-state index is 0.0375. The largest absolute Gasteiger partial charge is 0.493 e. The topological polar surface area (TPSA) is 67.9 Å². The van der Waals surface area contributed by atoms with Crippen molar-refractivity contribution in [2.24, 2.45) is 0 Å². The van der Waals surface area contributed by atoms with Gasteiger partial charge in [-0.2, -0.15) is 0 Å². The first-order valence-corrected chi connectivity index (χ1v) is 8.05. The summed E-state index contributed by atoms with van der Waals surface area (Å²) in [4.78, 5) is 26.1. The zero-order chi connectivity index (χ0) is 17.7. The molecule has 0 bridgehead atoms. The van der Waals surface area contributed by atoms with E-state index in [1.165, 1.54) is 4.90 Å². The zero-order valence-corrected chi connectivity index (χ0v) is 14.6. The standard InChI is InChI=1S/C18H24N2O4/c1-5-20(10-16(21)19-12(2)3)18(22)14-9-13-7-6-8-15(23-4)17(13)24-11-14/h6-9,12H,5,10-11H2,1-4H3,(H,19,21). The molecule has 1 aliphatic rings. The third-order valence-corrected chi connectivity index (χ3v) is 3.66. The highest BCUT2D eigenvalue weighted by Gasteiger charge is 2.24. The second-order valence-corrected chi connectivity index (χ2v) is 5.88. The average molecular weight is 332 g/mol. The van der Waals surface area contributed by atoms with Crippen molar-refractivity contribution in [2.45, 2.75) is 26.8 Å². The molecule has 1 aromatic carbocycles. The number of carbonyl (C=O) groups excluding carboxylic acids is 2. The van der Waals surface area contributed by atoms with Crippen LogP contribution >= 0.6 is 0 Å². The van der Waals surface area contributed by atoms with Gasteiger partial charge in [0.25, 0.3) is 5.91 Å². The normalized spacial score (nSPS) is 12.8. The summed E-state index contributed by atoms with van der Waals surface area (Å²) in [6.07, 6.45) is 1.80. The molecule has 24 heavy (non-hydrogen) atoms. The van der Waals surface area contributed by atoms with E-state index in [9.17, 15) is 9.59 Å². The molecule has 0 saturated carbocycles. The number of amides is 2. The molecule has 1 heterocycles. The van der Waals surface area contributed by atoms with Crippen molar-refractivity contribution in [1.82, 2.24) is 10.2 Å². The molecule has 1 N–H and O–H groups in total. The van der Waals surface area contributed by atoms with Crippen LogP contribution in [0.1, 0.15) is 26.3 Å². The molecule has 0 radical (unpaired) electrons. The summed E-state index contributed by atoms with van der Waals surface area (Å²) in [6.45, 7) is 6.27. The van der Waals surface area contributed by atoms with E-state index < -0.39 is 0 Å². The van der Waals surface area contributed by atoms with E-state index in [0.717, 1.165) is 5.56 Å². The van der Waals surface area contributed by atoms with Gasteiger partial charge in [0.15, 0.2) is 11.5 Å². The van der Waals surface area contributed by atoms with Crippen molar-refractivity contribution in [3.8, 4) is 11.5 Å². The van der Waals surface area contributed by atoms with Gasteiger partial charge >= 0.3 is 0 Å². The molecule has 130 valence electrons. The molecule has 0 fully saturated rings. The third kappa shape index (κ3) is 4.07. The van der Waals surface area contributed by atoms with Crippen LogP contribution in [-0.4, -0.2) is 49.6 Å². The summed E-state index contributed by atoms with van der Waals surface area (Å²) in [6, 6.07) is 5.57. The van der Waals surface area contributed by atoms with E-state index in [1.54, 1.807) is 13.2 Å². The monoisotopic (exact) mass is 332 g/mol. The predicted octanol–water partition coefficient (Wildman–Crippen LogP) is 1.84. The SMILES string of the molecule is CCN(CC(=O)NC(C)C)C(=O)C1=Cc2cccc(OC)c2OC1. The summed E-state index contributed by atoms with van der Waals surface area (Å²) in [5, 5.41) is 2.80. The molecule has 0 atom stereocenters. The lowest BCUT2D eigenvalue weighted by atomic mass is 10.1. The van der Waals surface area contributed by atoms with Crippen molar-refractivity contribution in [1.29, 1.82) is 0 Å². The van der Waals surface area contributed by atoms with Crippen LogP contribution in [0, 0.1) is 0 Å². The van der Waals surface area contributed by atoms with Gasteiger partial charge in [0, 0.05) is 18.2 Å². The molecule has 0 aliphatic carbocycles. The Morgan fingerprint density at radius 1 is 1.38 bits per heavy atom. The number of benzene rings is 1. The average Bonchev–Trinajstić information content (AvgIpc) is 2.57. The van der Waals surface area contributed by atoms with Crippen LogP contribution in [0.2, 0.25) is 0 Å². The minimum atomic E-state index is -0.190. The van der Waals surface area contributed by atoms with Gasteiger partial charge in [-0.05, 0) is 32.9 Å². The van der Waals surface area contributed by atoms with Gasteiger partial charge in [-0.25, -0.2) is 0 Å². The Morgan fingerprint density at radius 3 is 2.75 bits per heavy atom. The Kier molecular flexibility index (Phi) is 5.84. The molecule has 6 heteroatoms. The maximum absolute atomic E-state index is 12.7. The number of methoxy groups -OCH3 is 1. The molecule has 2 rings (SSSR count). The highest BCUT2D eigenvalue weighted by Crippen LogP contribution is 2.35. The quantitative estimate of drug-likeness (QED) is 0.863. The lowest BCUT2D eigenvalue weighted by Crippen LogP contribution is -2.43. The Bertz CT molecular complexity index is 652. The molecule has 1 aliphatic heterocycles. The van der Waals surface area contributed by atoms with Gasteiger partial charge in [-0.3, -0.25) is 9.59 Å². The zero-order valence-electron chi connectivity index (χ0n) is 14.6. The fourth-order valence-corrected chi connectivity index (χ4v) is 2.54. The molecule has 2 amide bonds. The smallest absolute Gasteiger partial charge is 0.253 e. The summed E-state index contributed by atoms with van der Waals surface area (Å²) >= 11 is 0. The second-order valence-electron chi connectivity index (χ2n) is 5.88. The first-order chi connectivity index (χ1) is 11.5. The lowest BCUT2D eigenvalue weighted by molar-refractivity contribution is -0.133. The molecule has 6 nitrogen and oxygen atoms in total. The van der Waals surface area contributed by atoms with Gasteiger partial charge in [-0.1, -0.05) is 12.1 Å². The summed E-state index contributed by atoms with van der Waals surface area (Å²) in [5.74, 6) is 0.917. The van der Waals surface area contributed by atoms with Gasteiger partial charge in [-0.15, -0.1) is 0 Å². The van der Waals surface area contributed by atoms with Crippen LogP contribution in [0.15, 0.2) is 23.8 Å². The van der Waals surface area contributed by atoms with Crippen LogP contribution in [0.3, 0.4) is 0 Å². The van der Waals surface area contributed by atoms with Crippen LogP contribution in [0.5, 0.6) is 11.5 Å². The van der Waals surface area contributed by atoms with Crippen LogP contribution < -0.4 is 14.8 Å². The summed E-state index contributed by atoms with van der Waals surface area (Å²) in [5.41, 5.74) is 1.32. The molecule has 0 aromatic heterocycles. The van der Waals surface area contributed by atoms with E-state index in [0.29, 0.717) is 23.6 Å². The maximum Gasteiger partial charge on any atom is 0.253 e. The van der Waals surface area contributed by atoms with Crippen molar-refractivity contribution in [3.63, 3.8) is 0 Å². The van der Waals surface area contributed by atoms with Crippen LogP contribution in [0.4, 0.5) is 0 Å². The number of fused-ring (bicyclic) bond motifs is 1.